The molecule has 3 heteroatoms. The summed E-state index contributed by atoms with van der Waals surface area (Å²) in [5.74, 6) is 0.662. The Morgan fingerprint density at radius 3 is 2.79 bits per heavy atom. The predicted molar refractivity (Wildman–Crippen MR) is 55.1 cm³/mol. The highest BCUT2D eigenvalue weighted by Crippen LogP contribution is 2.18. The van der Waals surface area contributed by atoms with Gasteiger partial charge in [-0.15, -0.1) is 0 Å². The minimum Gasteiger partial charge on any atom is -0.490 e. The molecule has 0 aliphatic heterocycles. The summed E-state index contributed by atoms with van der Waals surface area (Å²) in [5.41, 5.74) is 0.873. The van der Waals surface area contributed by atoms with Crippen LogP contribution >= 0.6 is 0 Å². The molecule has 1 aromatic rings. The van der Waals surface area contributed by atoms with Gasteiger partial charge in [-0.25, -0.2) is 0 Å². The van der Waals surface area contributed by atoms with Gasteiger partial charge in [0.2, 0.25) is 0 Å². The van der Waals surface area contributed by atoms with E-state index >= 15 is 0 Å². The highest BCUT2D eigenvalue weighted by atomic mass is 16.5. The van der Waals surface area contributed by atoms with E-state index in [0.717, 1.165) is 5.56 Å². The summed E-state index contributed by atoms with van der Waals surface area (Å²) < 4.78 is 5.30. The molecule has 0 heterocycles. The Labute approximate surface area is 83.3 Å². The van der Waals surface area contributed by atoms with Crippen LogP contribution in [0.25, 0.3) is 6.08 Å². The highest BCUT2D eigenvalue weighted by Gasteiger charge is 2.04. The summed E-state index contributed by atoms with van der Waals surface area (Å²) in [6, 6.07) is 7.38. The van der Waals surface area contributed by atoms with Gasteiger partial charge in [-0.2, -0.15) is 0 Å². The van der Waals surface area contributed by atoms with E-state index in [-0.39, 0.29) is 13.2 Å². The van der Waals surface area contributed by atoms with Crippen LogP contribution in [0.15, 0.2) is 30.8 Å². The molecule has 1 aromatic carbocycles. The van der Waals surface area contributed by atoms with Crippen LogP contribution in [0.5, 0.6) is 5.75 Å². The Morgan fingerprint density at radius 2 is 2.14 bits per heavy atom. The maximum Gasteiger partial charge on any atom is 0.126 e. The lowest BCUT2D eigenvalue weighted by atomic mass is 10.2. The number of aliphatic hydroxyl groups excluding tert-OH is 2. The van der Waals surface area contributed by atoms with Crippen molar-refractivity contribution in [1.82, 2.24) is 0 Å². The summed E-state index contributed by atoms with van der Waals surface area (Å²) >= 11 is 0. The lowest BCUT2D eigenvalue weighted by molar-refractivity contribution is 0.0535. The average Bonchev–Trinajstić information content (AvgIpc) is 2.26. The Hall–Kier alpha value is -1.32. The third-order valence-electron chi connectivity index (χ3n) is 1.78. The van der Waals surface area contributed by atoms with Crippen LogP contribution in [-0.2, 0) is 0 Å². The molecule has 0 fully saturated rings. The molecule has 0 aliphatic rings. The van der Waals surface area contributed by atoms with Gasteiger partial charge >= 0.3 is 0 Å². The molecule has 14 heavy (non-hydrogen) atoms. The molecule has 2 N–H and O–H groups in total. The summed E-state index contributed by atoms with van der Waals surface area (Å²) in [6.07, 6.45) is 0.841. The van der Waals surface area contributed by atoms with Crippen LogP contribution < -0.4 is 4.74 Å². The third kappa shape index (κ3) is 2.87. The molecule has 0 amide bonds. The van der Waals surface area contributed by atoms with Crippen LogP contribution in [0, 0.1) is 0 Å². The smallest absolute Gasteiger partial charge is 0.126 e. The molecule has 0 aromatic heterocycles. The molecular weight excluding hydrogens is 180 g/mol. The second-order valence-electron chi connectivity index (χ2n) is 2.89. The second kappa shape index (κ2) is 5.42. The Kier molecular flexibility index (Phi) is 4.16. The standard InChI is InChI=1S/C11H14O3/c1-2-9-5-3-4-6-11(9)14-8-10(13)7-12/h2-6,10,12-13H,1,7-8H2. The molecule has 0 radical (unpaired) electrons. The maximum absolute atomic E-state index is 9.08. The Balaban J connectivity index is 2.61. The fraction of sp³-hybridized carbons (Fsp3) is 0.273. The highest BCUT2D eigenvalue weighted by molar-refractivity contribution is 5.55. The summed E-state index contributed by atoms with van der Waals surface area (Å²) in [5, 5.41) is 17.7. The van der Waals surface area contributed by atoms with Crippen molar-refractivity contribution < 1.29 is 14.9 Å². The van der Waals surface area contributed by atoms with E-state index in [0.29, 0.717) is 5.75 Å². The van der Waals surface area contributed by atoms with Crippen molar-refractivity contribution in [3.63, 3.8) is 0 Å². The number of hydrogen-bond acceptors (Lipinski definition) is 3. The molecule has 1 unspecified atom stereocenters. The third-order valence-corrected chi connectivity index (χ3v) is 1.78. The van der Waals surface area contributed by atoms with Crippen molar-refractivity contribution in [3.8, 4) is 5.75 Å². The maximum atomic E-state index is 9.08. The number of rotatable bonds is 5. The van der Waals surface area contributed by atoms with E-state index in [4.69, 9.17) is 14.9 Å². The number of ether oxygens (including phenoxy) is 1. The number of hydrogen-bond donors (Lipinski definition) is 2. The summed E-state index contributed by atoms with van der Waals surface area (Å²) in [4.78, 5) is 0. The lowest BCUT2D eigenvalue weighted by Gasteiger charge is -2.11. The van der Waals surface area contributed by atoms with E-state index < -0.39 is 6.10 Å². The SMILES string of the molecule is C=Cc1ccccc1OCC(O)CO. The molecule has 76 valence electrons. The van der Waals surface area contributed by atoms with Crippen LogP contribution in [0.2, 0.25) is 0 Å². The van der Waals surface area contributed by atoms with Crippen molar-refractivity contribution in [2.75, 3.05) is 13.2 Å². The van der Waals surface area contributed by atoms with E-state index in [9.17, 15) is 0 Å². The van der Waals surface area contributed by atoms with Crippen molar-refractivity contribution in [2.24, 2.45) is 0 Å². The number of aliphatic hydroxyl groups is 2. The van der Waals surface area contributed by atoms with Crippen molar-refractivity contribution >= 4 is 6.08 Å². The van der Waals surface area contributed by atoms with E-state index in [1.807, 2.05) is 18.2 Å². The molecule has 3 nitrogen and oxygen atoms in total. The average molecular weight is 194 g/mol. The minimum atomic E-state index is -0.840. The summed E-state index contributed by atoms with van der Waals surface area (Å²) in [6.45, 7) is 3.44. The van der Waals surface area contributed by atoms with Gasteiger partial charge in [0.25, 0.3) is 0 Å². The quantitative estimate of drug-likeness (QED) is 0.737. The first-order chi connectivity index (χ1) is 6.77. The Bertz CT molecular complexity index is 296. The zero-order valence-corrected chi connectivity index (χ0v) is 7.89. The monoisotopic (exact) mass is 194 g/mol. The molecule has 0 saturated carbocycles. The molecule has 0 bridgehead atoms. The van der Waals surface area contributed by atoms with E-state index in [1.54, 1.807) is 12.1 Å². The van der Waals surface area contributed by atoms with Gasteiger partial charge < -0.3 is 14.9 Å². The van der Waals surface area contributed by atoms with Crippen LogP contribution in [0.4, 0.5) is 0 Å². The molecule has 1 atom stereocenters. The zero-order valence-electron chi connectivity index (χ0n) is 7.89. The normalized spacial score (nSPS) is 12.1. The van der Waals surface area contributed by atoms with Gasteiger partial charge in [-0.3, -0.25) is 0 Å². The van der Waals surface area contributed by atoms with Gasteiger partial charge in [-0.1, -0.05) is 30.9 Å². The topological polar surface area (TPSA) is 49.7 Å². The molecular formula is C11H14O3. The first-order valence-corrected chi connectivity index (χ1v) is 4.41. The lowest BCUT2D eigenvalue weighted by Crippen LogP contribution is -2.21. The molecule has 0 spiro atoms. The predicted octanol–water partition coefficient (Wildman–Crippen LogP) is 1.06. The number of para-hydroxylation sites is 1. The number of benzene rings is 1. The van der Waals surface area contributed by atoms with Crippen molar-refractivity contribution in [3.05, 3.63) is 36.4 Å². The molecule has 0 aliphatic carbocycles. The van der Waals surface area contributed by atoms with Crippen molar-refractivity contribution in [2.45, 2.75) is 6.10 Å². The second-order valence-corrected chi connectivity index (χ2v) is 2.89. The van der Waals surface area contributed by atoms with Gasteiger partial charge in [0, 0.05) is 5.56 Å². The van der Waals surface area contributed by atoms with E-state index in [2.05, 4.69) is 6.58 Å². The molecule has 1 rings (SSSR count). The fourth-order valence-corrected chi connectivity index (χ4v) is 1.02. The Morgan fingerprint density at radius 1 is 1.43 bits per heavy atom. The fourth-order valence-electron chi connectivity index (χ4n) is 1.02. The first kappa shape index (κ1) is 10.8. The van der Waals surface area contributed by atoms with Crippen molar-refractivity contribution in [1.29, 1.82) is 0 Å². The van der Waals surface area contributed by atoms with Crippen LogP contribution in [0.3, 0.4) is 0 Å². The van der Waals surface area contributed by atoms with Gasteiger partial charge in [-0.05, 0) is 6.07 Å². The molecule has 0 saturated heterocycles. The summed E-state index contributed by atoms with van der Waals surface area (Å²) in [7, 11) is 0. The van der Waals surface area contributed by atoms with Gasteiger partial charge in [0.1, 0.15) is 18.5 Å². The van der Waals surface area contributed by atoms with E-state index in [1.165, 1.54) is 0 Å². The van der Waals surface area contributed by atoms with Gasteiger partial charge in [0.15, 0.2) is 0 Å². The first-order valence-electron chi connectivity index (χ1n) is 4.41. The zero-order chi connectivity index (χ0) is 10.4. The van der Waals surface area contributed by atoms with Crippen LogP contribution in [-0.4, -0.2) is 29.5 Å². The van der Waals surface area contributed by atoms with Gasteiger partial charge in [0.05, 0.1) is 6.61 Å². The van der Waals surface area contributed by atoms with Crippen LogP contribution in [0.1, 0.15) is 5.56 Å². The minimum absolute atomic E-state index is 0.0847. The largest absolute Gasteiger partial charge is 0.490 e.